The number of hydrogen-bond acceptors (Lipinski definition) is 8. The SMILES string of the molecule is NC(=O)CCC(N)C(=O)N1CCCC1C(=O)NC(CS)C(=O)NC(CC(=O)O)C(=O)O. The molecule has 0 saturated carbocycles. The average Bonchev–Trinajstić information content (AvgIpc) is 3.18. The number of thiol groups is 1. The fourth-order valence-corrected chi connectivity index (χ4v) is 3.30. The molecule has 1 fully saturated rings. The van der Waals surface area contributed by atoms with Gasteiger partial charge in [-0.2, -0.15) is 12.6 Å². The van der Waals surface area contributed by atoms with E-state index >= 15 is 0 Å². The Labute approximate surface area is 183 Å². The fourth-order valence-electron chi connectivity index (χ4n) is 3.05. The van der Waals surface area contributed by atoms with E-state index in [0.29, 0.717) is 12.8 Å². The molecule has 0 aromatic heterocycles. The molecule has 1 saturated heterocycles. The van der Waals surface area contributed by atoms with E-state index in [1.54, 1.807) is 0 Å². The van der Waals surface area contributed by atoms with E-state index < -0.39 is 66.2 Å². The number of carbonyl (C=O) groups excluding carboxylic acids is 4. The van der Waals surface area contributed by atoms with E-state index in [9.17, 15) is 28.8 Å². The van der Waals surface area contributed by atoms with Gasteiger partial charge in [0.2, 0.25) is 23.6 Å². The minimum absolute atomic E-state index is 0.0286. The van der Waals surface area contributed by atoms with Crippen LogP contribution >= 0.6 is 12.6 Å². The number of likely N-dealkylation sites (tertiary alicyclic amines) is 1. The molecule has 14 heteroatoms. The first-order valence-corrected chi connectivity index (χ1v) is 10.1. The van der Waals surface area contributed by atoms with Crippen molar-refractivity contribution in [3.8, 4) is 0 Å². The molecule has 0 spiro atoms. The molecule has 1 heterocycles. The first-order chi connectivity index (χ1) is 14.5. The van der Waals surface area contributed by atoms with Crippen LogP contribution in [-0.2, 0) is 28.8 Å². The first-order valence-electron chi connectivity index (χ1n) is 9.48. The summed E-state index contributed by atoms with van der Waals surface area (Å²) in [5, 5.41) is 22.2. The van der Waals surface area contributed by atoms with E-state index in [2.05, 4.69) is 17.9 Å². The van der Waals surface area contributed by atoms with Crippen LogP contribution in [0.5, 0.6) is 0 Å². The molecular weight excluding hydrogens is 434 g/mol. The number of primary amides is 1. The summed E-state index contributed by atoms with van der Waals surface area (Å²) < 4.78 is 0. The van der Waals surface area contributed by atoms with E-state index in [-0.39, 0.29) is 25.1 Å². The zero-order chi connectivity index (χ0) is 23.7. The number of hydrogen-bond donors (Lipinski definition) is 7. The summed E-state index contributed by atoms with van der Waals surface area (Å²) in [4.78, 5) is 71.5. The van der Waals surface area contributed by atoms with Gasteiger partial charge in [-0.25, -0.2) is 4.79 Å². The van der Waals surface area contributed by atoms with Crippen molar-refractivity contribution in [2.45, 2.75) is 56.3 Å². The van der Waals surface area contributed by atoms with Crippen molar-refractivity contribution in [3.63, 3.8) is 0 Å². The van der Waals surface area contributed by atoms with Gasteiger partial charge in [-0.15, -0.1) is 0 Å². The Hall–Kier alpha value is -2.87. The molecule has 1 aliphatic rings. The van der Waals surface area contributed by atoms with E-state index in [1.165, 1.54) is 4.90 Å². The highest BCUT2D eigenvalue weighted by Crippen LogP contribution is 2.19. The fraction of sp³-hybridized carbons (Fsp3) is 0.647. The van der Waals surface area contributed by atoms with E-state index in [1.807, 2.05) is 5.32 Å². The van der Waals surface area contributed by atoms with Crippen LogP contribution < -0.4 is 22.1 Å². The van der Waals surface area contributed by atoms with Crippen LogP contribution in [0.25, 0.3) is 0 Å². The van der Waals surface area contributed by atoms with Crippen LogP contribution in [0, 0.1) is 0 Å². The van der Waals surface area contributed by atoms with E-state index in [0.717, 1.165) is 0 Å². The van der Waals surface area contributed by atoms with Gasteiger partial charge >= 0.3 is 11.9 Å². The molecule has 1 aliphatic heterocycles. The molecule has 8 N–H and O–H groups in total. The maximum Gasteiger partial charge on any atom is 0.326 e. The second-order valence-electron chi connectivity index (χ2n) is 7.04. The predicted octanol–water partition coefficient (Wildman–Crippen LogP) is -2.97. The predicted molar refractivity (Wildman–Crippen MR) is 109 cm³/mol. The maximum absolute atomic E-state index is 12.7. The summed E-state index contributed by atoms with van der Waals surface area (Å²) in [5.74, 6) is -5.89. The Morgan fingerprint density at radius 2 is 1.74 bits per heavy atom. The van der Waals surface area contributed by atoms with Gasteiger partial charge in [-0.3, -0.25) is 24.0 Å². The molecule has 4 amide bonds. The number of nitrogens with two attached hydrogens (primary N) is 2. The molecule has 0 aromatic rings. The van der Waals surface area contributed by atoms with Crippen LogP contribution in [0.4, 0.5) is 0 Å². The lowest BCUT2D eigenvalue weighted by Crippen LogP contribution is -2.57. The quantitative estimate of drug-likeness (QED) is 0.147. The Balaban J connectivity index is 2.78. The third-order valence-electron chi connectivity index (χ3n) is 4.67. The van der Waals surface area contributed by atoms with Crippen molar-refractivity contribution in [1.29, 1.82) is 0 Å². The van der Waals surface area contributed by atoms with Crippen molar-refractivity contribution < 1.29 is 39.0 Å². The van der Waals surface area contributed by atoms with Crippen LogP contribution in [0.1, 0.15) is 32.1 Å². The lowest BCUT2D eigenvalue weighted by atomic mass is 10.1. The number of carboxylic acids is 2. The van der Waals surface area contributed by atoms with Crippen molar-refractivity contribution in [2.24, 2.45) is 11.5 Å². The minimum Gasteiger partial charge on any atom is -0.481 e. The van der Waals surface area contributed by atoms with Gasteiger partial charge in [0.1, 0.15) is 18.1 Å². The van der Waals surface area contributed by atoms with Crippen molar-refractivity contribution in [2.75, 3.05) is 12.3 Å². The third kappa shape index (κ3) is 8.05. The molecular formula is C17H27N5O8S. The summed E-state index contributed by atoms with van der Waals surface area (Å²) in [6, 6.07) is -4.86. The third-order valence-corrected chi connectivity index (χ3v) is 5.03. The number of aliphatic carboxylic acids is 2. The molecule has 0 aromatic carbocycles. The van der Waals surface area contributed by atoms with Crippen molar-refractivity contribution in [3.05, 3.63) is 0 Å². The first kappa shape index (κ1) is 26.2. The van der Waals surface area contributed by atoms with Gasteiger partial charge in [-0.05, 0) is 19.3 Å². The molecule has 1 rings (SSSR count). The van der Waals surface area contributed by atoms with Crippen LogP contribution in [0.2, 0.25) is 0 Å². The standard InChI is InChI=1S/C17H27N5O8S/c18-8(3-4-12(19)23)16(28)22-5-1-2-11(22)15(27)21-10(7-31)14(26)20-9(17(29)30)6-13(24)25/h8-11,31H,1-7,18H2,(H2,19,23)(H,20,26)(H,21,27)(H,24,25)(H,29,30). The highest BCUT2D eigenvalue weighted by molar-refractivity contribution is 7.80. The van der Waals surface area contributed by atoms with Crippen molar-refractivity contribution in [1.82, 2.24) is 15.5 Å². The number of amides is 4. The highest BCUT2D eigenvalue weighted by Gasteiger charge is 2.37. The summed E-state index contributed by atoms with van der Waals surface area (Å²) in [7, 11) is 0. The smallest absolute Gasteiger partial charge is 0.326 e. The zero-order valence-electron chi connectivity index (χ0n) is 16.7. The van der Waals surface area contributed by atoms with Gasteiger partial charge < -0.3 is 37.2 Å². The molecule has 0 bridgehead atoms. The van der Waals surface area contributed by atoms with E-state index in [4.69, 9.17) is 21.7 Å². The minimum atomic E-state index is -1.68. The monoisotopic (exact) mass is 461 g/mol. The van der Waals surface area contributed by atoms with Crippen LogP contribution in [-0.4, -0.2) is 87.1 Å². The van der Waals surface area contributed by atoms with Crippen molar-refractivity contribution >= 4 is 48.2 Å². The van der Waals surface area contributed by atoms with Gasteiger partial charge in [0.05, 0.1) is 12.5 Å². The van der Waals surface area contributed by atoms with Gasteiger partial charge in [0, 0.05) is 18.7 Å². The molecule has 174 valence electrons. The lowest BCUT2D eigenvalue weighted by molar-refractivity contribution is -0.147. The van der Waals surface area contributed by atoms with Gasteiger partial charge in [0.15, 0.2) is 0 Å². The number of carboxylic acid groups (broad SMARTS) is 2. The molecule has 0 radical (unpaired) electrons. The molecule has 31 heavy (non-hydrogen) atoms. The summed E-state index contributed by atoms with van der Waals surface area (Å²) in [5.41, 5.74) is 10.8. The van der Waals surface area contributed by atoms with Gasteiger partial charge in [0.25, 0.3) is 0 Å². The molecule has 0 aliphatic carbocycles. The number of rotatable bonds is 12. The van der Waals surface area contributed by atoms with Crippen LogP contribution in [0.3, 0.4) is 0 Å². The summed E-state index contributed by atoms with van der Waals surface area (Å²) in [6.07, 6.45) is -0.0641. The normalized spacial score (nSPS) is 18.5. The highest BCUT2D eigenvalue weighted by atomic mass is 32.1. The molecule has 4 atom stereocenters. The number of nitrogens with one attached hydrogen (secondary N) is 2. The Morgan fingerprint density at radius 1 is 1.10 bits per heavy atom. The maximum atomic E-state index is 12.7. The number of carbonyl (C=O) groups is 6. The Kier molecular flexibility index (Phi) is 10.2. The summed E-state index contributed by atoms with van der Waals surface area (Å²) in [6.45, 7) is 0.263. The Morgan fingerprint density at radius 3 is 2.26 bits per heavy atom. The topological polar surface area (TPSA) is 222 Å². The summed E-state index contributed by atoms with van der Waals surface area (Å²) >= 11 is 3.98. The Bertz CT molecular complexity index is 733. The van der Waals surface area contributed by atoms with Gasteiger partial charge in [-0.1, -0.05) is 0 Å². The van der Waals surface area contributed by atoms with Crippen LogP contribution in [0.15, 0.2) is 0 Å². The zero-order valence-corrected chi connectivity index (χ0v) is 17.5. The second kappa shape index (κ2) is 12.1. The average molecular weight is 461 g/mol. The molecule has 4 unspecified atom stereocenters. The second-order valence-corrected chi connectivity index (χ2v) is 7.41. The lowest BCUT2D eigenvalue weighted by Gasteiger charge is -2.28. The largest absolute Gasteiger partial charge is 0.481 e. The molecule has 13 nitrogen and oxygen atoms in total. The number of nitrogens with zero attached hydrogens (tertiary/aromatic N) is 1.